The van der Waals surface area contributed by atoms with E-state index in [-0.39, 0.29) is 12.8 Å². The van der Waals surface area contributed by atoms with Crippen molar-refractivity contribution >= 4 is 35.3 Å². The Labute approximate surface area is 126 Å². The van der Waals surface area contributed by atoms with E-state index >= 15 is 0 Å². The molecule has 0 saturated carbocycles. The van der Waals surface area contributed by atoms with Crippen molar-refractivity contribution in [2.75, 3.05) is 12.4 Å². The van der Waals surface area contributed by atoms with E-state index in [4.69, 9.17) is 16.7 Å². The van der Waals surface area contributed by atoms with Gasteiger partial charge in [0.2, 0.25) is 0 Å². The van der Waals surface area contributed by atoms with Crippen molar-refractivity contribution in [2.24, 2.45) is 0 Å². The number of urea groups is 1. The zero-order valence-corrected chi connectivity index (χ0v) is 12.0. The zero-order chi connectivity index (χ0) is 15.8. The SMILES string of the molecule is COC(=O)CC[C@H](NC(=O)Nc1ccc(Cl)cc1)C(=O)O. The molecule has 21 heavy (non-hydrogen) atoms. The van der Waals surface area contributed by atoms with Gasteiger partial charge in [0.05, 0.1) is 7.11 Å². The normalized spacial score (nSPS) is 11.3. The number of hydrogen-bond donors (Lipinski definition) is 3. The van der Waals surface area contributed by atoms with Crippen LogP contribution < -0.4 is 10.6 Å². The number of hydrogen-bond acceptors (Lipinski definition) is 4. The molecule has 0 heterocycles. The molecule has 0 saturated heterocycles. The number of anilines is 1. The third-order valence-electron chi connectivity index (χ3n) is 2.57. The maximum atomic E-state index is 11.7. The number of amides is 2. The summed E-state index contributed by atoms with van der Waals surface area (Å²) in [6, 6.07) is 4.45. The lowest BCUT2D eigenvalue weighted by Gasteiger charge is -2.14. The fourth-order valence-electron chi connectivity index (χ4n) is 1.48. The number of carboxylic acids is 1. The second kappa shape index (κ2) is 8.11. The van der Waals surface area contributed by atoms with Crippen LogP contribution in [0.15, 0.2) is 24.3 Å². The van der Waals surface area contributed by atoms with Crippen LogP contribution in [0.3, 0.4) is 0 Å². The van der Waals surface area contributed by atoms with Crippen molar-refractivity contribution < 1.29 is 24.2 Å². The van der Waals surface area contributed by atoms with Crippen molar-refractivity contribution in [1.29, 1.82) is 0 Å². The number of rotatable bonds is 6. The second-order valence-corrected chi connectivity index (χ2v) is 4.55. The third kappa shape index (κ3) is 6.13. The number of carbonyl (C=O) groups excluding carboxylic acids is 2. The molecule has 1 atom stereocenters. The molecule has 0 unspecified atom stereocenters. The molecule has 1 aromatic rings. The molecule has 1 rings (SSSR count). The van der Waals surface area contributed by atoms with E-state index in [1.807, 2.05) is 0 Å². The quantitative estimate of drug-likeness (QED) is 0.695. The van der Waals surface area contributed by atoms with Crippen LogP contribution in [0.5, 0.6) is 0 Å². The Morgan fingerprint density at radius 3 is 2.43 bits per heavy atom. The standard InChI is InChI=1S/C13H15ClN2O5/c1-21-11(17)7-6-10(12(18)19)16-13(20)15-9-4-2-8(14)3-5-9/h2-5,10H,6-7H2,1H3,(H,18,19)(H2,15,16,20)/t10-/m0/s1. The zero-order valence-electron chi connectivity index (χ0n) is 11.3. The molecule has 0 aliphatic rings. The van der Waals surface area contributed by atoms with E-state index in [2.05, 4.69) is 15.4 Å². The molecule has 1 aromatic carbocycles. The Kier molecular flexibility index (Phi) is 6.48. The van der Waals surface area contributed by atoms with Crippen LogP contribution in [0.4, 0.5) is 10.5 Å². The van der Waals surface area contributed by atoms with E-state index in [1.54, 1.807) is 24.3 Å². The summed E-state index contributed by atoms with van der Waals surface area (Å²) in [7, 11) is 1.21. The molecule has 0 fully saturated rings. The topological polar surface area (TPSA) is 105 Å². The van der Waals surface area contributed by atoms with Gasteiger partial charge in [0.25, 0.3) is 0 Å². The van der Waals surface area contributed by atoms with Crippen LogP contribution in [0.2, 0.25) is 5.02 Å². The molecule has 7 nitrogen and oxygen atoms in total. The first-order valence-electron chi connectivity index (χ1n) is 6.05. The average molecular weight is 315 g/mol. The summed E-state index contributed by atoms with van der Waals surface area (Å²) in [4.78, 5) is 33.7. The number of aliphatic carboxylic acids is 1. The number of ether oxygens (including phenoxy) is 1. The van der Waals surface area contributed by atoms with Crippen molar-refractivity contribution in [3.63, 3.8) is 0 Å². The molecule has 114 valence electrons. The van der Waals surface area contributed by atoms with Gasteiger partial charge in [-0.05, 0) is 30.7 Å². The minimum absolute atomic E-state index is 0.0595. The Morgan fingerprint density at radius 1 is 1.29 bits per heavy atom. The van der Waals surface area contributed by atoms with Crippen LogP contribution in [-0.2, 0) is 14.3 Å². The maximum Gasteiger partial charge on any atom is 0.326 e. The average Bonchev–Trinajstić information content (AvgIpc) is 2.45. The van der Waals surface area contributed by atoms with Gasteiger partial charge >= 0.3 is 18.0 Å². The summed E-state index contributed by atoms with van der Waals surface area (Å²) in [6.07, 6.45) is -0.162. The Balaban J connectivity index is 2.54. The van der Waals surface area contributed by atoms with Crippen molar-refractivity contribution in [1.82, 2.24) is 5.32 Å². The highest BCUT2D eigenvalue weighted by atomic mass is 35.5. The second-order valence-electron chi connectivity index (χ2n) is 4.11. The number of benzene rings is 1. The third-order valence-corrected chi connectivity index (χ3v) is 2.82. The first-order valence-corrected chi connectivity index (χ1v) is 6.43. The monoisotopic (exact) mass is 314 g/mol. The Morgan fingerprint density at radius 2 is 1.90 bits per heavy atom. The van der Waals surface area contributed by atoms with Gasteiger partial charge in [-0.1, -0.05) is 11.6 Å². The van der Waals surface area contributed by atoms with E-state index in [0.717, 1.165) is 0 Å². The van der Waals surface area contributed by atoms with Gasteiger partial charge in [-0.3, -0.25) is 4.79 Å². The molecule has 0 aromatic heterocycles. The summed E-state index contributed by atoms with van der Waals surface area (Å²) in [5.41, 5.74) is 0.467. The fourth-order valence-corrected chi connectivity index (χ4v) is 1.61. The highest BCUT2D eigenvalue weighted by molar-refractivity contribution is 6.30. The Bertz CT molecular complexity index is 518. The highest BCUT2D eigenvalue weighted by Gasteiger charge is 2.21. The largest absolute Gasteiger partial charge is 0.480 e. The molecule has 0 bridgehead atoms. The summed E-state index contributed by atoms with van der Waals surface area (Å²) < 4.78 is 4.42. The van der Waals surface area contributed by atoms with Gasteiger partial charge in [0, 0.05) is 17.1 Å². The van der Waals surface area contributed by atoms with Gasteiger partial charge in [-0.2, -0.15) is 0 Å². The molecule has 0 aliphatic carbocycles. The lowest BCUT2D eigenvalue weighted by Crippen LogP contribution is -2.43. The summed E-state index contributed by atoms with van der Waals surface area (Å²) in [5.74, 6) is -1.77. The predicted octanol–water partition coefficient (Wildman–Crippen LogP) is 1.87. The maximum absolute atomic E-state index is 11.7. The molecule has 0 aliphatic heterocycles. The number of esters is 1. The van der Waals surface area contributed by atoms with Gasteiger partial charge in [0.15, 0.2) is 0 Å². The minimum Gasteiger partial charge on any atom is -0.480 e. The number of halogens is 1. The Hall–Kier alpha value is -2.28. The lowest BCUT2D eigenvalue weighted by atomic mass is 10.1. The van der Waals surface area contributed by atoms with Gasteiger partial charge in [-0.15, -0.1) is 0 Å². The van der Waals surface area contributed by atoms with Gasteiger partial charge < -0.3 is 20.5 Å². The number of methoxy groups -OCH3 is 1. The summed E-state index contributed by atoms with van der Waals surface area (Å²) >= 11 is 5.71. The smallest absolute Gasteiger partial charge is 0.326 e. The fraction of sp³-hybridized carbons (Fsp3) is 0.308. The van der Waals surface area contributed by atoms with E-state index < -0.39 is 24.0 Å². The van der Waals surface area contributed by atoms with Crippen LogP contribution in [0.25, 0.3) is 0 Å². The number of nitrogens with one attached hydrogen (secondary N) is 2. The highest BCUT2D eigenvalue weighted by Crippen LogP contribution is 2.13. The minimum atomic E-state index is -1.23. The van der Waals surface area contributed by atoms with Crippen LogP contribution in [0, 0.1) is 0 Å². The number of carboxylic acid groups (broad SMARTS) is 1. The van der Waals surface area contributed by atoms with E-state index in [9.17, 15) is 14.4 Å². The lowest BCUT2D eigenvalue weighted by molar-refractivity contribution is -0.142. The van der Waals surface area contributed by atoms with E-state index in [1.165, 1.54) is 7.11 Å². The molecular weight excluding hydrogens is 300 g/mol. The molecule has 0 radical (unpaired) electrons. The molecule has 0 spiro atoms. The summed E-state index contributed by atoms with van der Waals surface area (Å²) in [6.45, 7) is 0. The van der Waals surface area contributed by atoms with Gasteiger partial charge in [-0.25, -0.2) is 9.59 Å². The van der Waals surface area contributed by atoms with Crippen LogP contribution in [0.1, 0.15) is 12.8 Å². The van der Waals surface area contributed by atoms with Crippen molar-refractivity contribution in [3.05, 3.63) is 29.3 Å². The number of carbonyl (C=O) groups is 3. The molecule has 8 heteroatoms. The van der Waals surface area contributed by atoms with Gasteiger partial charge in [0.1, 0.15) is 6.04 Å². The molecule has 2 amide bonds. The van der Waals surface area contributed by atoms with Crippen LogP contribution >= 0.6 is 11.6 Å². The first-order chi connectivity index (χ1) is 9.92. The van der Waals surface area contributed by atoms with E-state index in [0.29, 0.717) is 10.7 Å². The summed E-state index contributed by atoms with van der Waals surface area (Å²) in [5, 5.41) is 14.3. The first kappa shape index (κ1) is 16.8. The predicted molar refractivity (Wildman–Crippen MR) is 76.3 cm³/mol. The van der Waals surface area contributed by atoms with Crippen LogP contribution in [-0.4, -0.2) is 36.2 Å². The van der Waals surface area contributed by atoms with Crippen molar-refractivity contribution in [3.8, 4) is 0 Å². The van der Waals surface area contributed by atoms with Crippen molar-refractivity contribution in [2.45, 2.75) is 18.9 Å². The molecular formula is C13H15ClN2O5. The molecule has 3 N–H and O–H groups in total.